The van der Waals surface area contributed by atoms with Gasteiger partial charge in [-0.1, -0.05) is 35.6 Å². The summed E-state index contributed by atoms with van der Waals surface area (Å²) in [5.41, 5.74) is 0.463. The predicted molar refractivity (Wildman–Crippen MR) is 81.9 cm³/mol. The summed E-state index contributed by atoms with van der Waals surface area (Å²) in [6, 6.07) is 6.22. The number of ether oxygens (including phenoxy) is 1. The number of hydrogen-bond donors (Lipinski definition) is 1. The maximum atomic E-state index is 13.5. The number of carbonyl (C=O) groups is 1. The molecule has 3 rings (SSSR count). The summed E-state index contributed by atoms with van der Waals surface area (Å²) in [6.07, 6.45) is 6.77. The number of benzene rings is 1. The van der Waals surface area contributed by atoms with Crippen molar-refractivity contribution in [1.29, 1.82) is 0 Å². The molecule has 23 heavy (non-hydrogen) atoms. The second-order valence-electron chi connectivity index (χ2n) is 5.29. The van der Waals surface area contributed by atoms with Crippen LogP contribution in [-0.2, 0) is 9.53 Å². The Morgan fingerprint density at radius 3 is 3.09 bits per heavy atom. The molecule has 1 N–H and O–H groups in total. The standard InChI is InChI=1S/C16H17FN4O2/c17-13-6-2-1-4-12(13)5-3-7-16(22)19-14-10-23-11-15(14)21-9-8-18-20-21/h1-6,8-9,14-15H,7,10-11H2,(H,19,22)/b5-3+/t14-,15+/m0/s1. The van der Waals surface area contributed by atoms with Crippen molar-refractivity contribution in [2.24, 2.45) is 0 Å². The van der Waals surface area contributed by atoms with Crippen LogP contribution in [0, 0.1) is 5.82 Å². The van der Waals surface area contributed by atoms with Crippen LogP contribution in [0.15, 0.2) is 42.7 Å². The molecule has 0 radical (unpaired) electrons. The second kappa shape index (κ2) is 7.15. The number of halogens is 1. The molecule has 6 nitrogen and oxygen atoms in total. The number of amides is 1. The van der Waals surface area contributed by atoms with Gasteiger partial charge >= 0.3 is 0 Å². The zero-order valence-electron chi connectivity index (χ0n) is 12.4. The Bertz CT molecular complexity index is 687. The van der Waals surface area contributed by atoms with Crippen LogP contribution >= 0.6 is 0 Å². The minimum atomic E-state index is -0.306. The van der Waals surface area contributed by atoms with Crippen LogP contribution in [0.25, 0.3) is 6.08 Å². The van der Waals surface area contributed by atoms with E-state index in [9.17, 15) is 9.18 Å². The molecule has 1 aliphatic heterocycles. The topological polar surface area (TPSA) is 69.0 Å². The molecule has 1 aromatic carbocycles. The van der Waals surface area contributed by atoms with Crippen molar-refractivity contribution in [2.75, 3.05) is 13.2 Å². The summed E-state index contributed by atoms with van der Waals surface area (Å²) in [5.74, 6) is -0.446. The monoisotopic (exact) mass is 316 g/mol. The summed E-state index contributed by atoms with van der Waals surface area (Å²) < 4.78 is 20.6. The quantitative estimate of drug-likeness (QED) is 0.909. The molecule has 2 aromatic rings. The maximum absolute atomic E-state index is 13.5. The first-order valence-electron chi connectivity index (χ1n) is 7.38. The Hall–Kier alpha value is -2.54. The fraction of sp³-hybridized carbons (Fsp3) is 0.312. The van der Waals surface area contributed by atoms with E-state index in [1.165, 1.54) is 6.07 Å². The largest absolute Gasteiger partial charge is 0.377 e. The van der Waals surface area contributed by atoms with E-state index in [2.05, 4.69) is 15.6 Å². The highest BCUT2D eigenvalue weighted by atomic mass is 19.1. The third kappa shape index (κ3) is 3.81. The highest BCUT2D eigenvalue weighted by molar-refractivity contribution is 5.78. The van der Waals surface area contributed by atoms with E-state index >= 15 is 0 Å². The predicted octanol–water partition coefficient (Wildman–Crippen LogP) is 1.58. The number of hydrogen-bond acceptors (Lipinski definition) is 4. The molecule has 120 valence electrons. The molecule has 1 amide bonds. The third-order valence-electron chi connectivity index (χ3n) is 3.68. The zero-order chi connectivity index (χ0) is 16.1. The van der Waals surface area contributed by atoms with Gasteiger partial charge in [0.1, 0.15) is 5.82 Å². The highest BCUT2D eigenvalue weighted by Crippen LogP contribution is 2.18. The van der Waals surface area contributed by atoms with Gasteiger partial charge in [-0.05, 0) is 6.07 Å². The van der Waals surface area contributed by atoms with E-state index in [-0.39, 0.29) is 30.2 Å². The number of nitrogens with one attached hydrogen (secondary N) is 1. The van der Waals surface area contributed by atoms with Gasteiger partial charge < -0.3 is 10.1 Å². The number of rotatable bonds is 5. The molecule has 0 saturated carbocycles. The van der Waals surface area contributed by atoms with Crippen molar-refractivity contribution in [3.05, 3.63) is 54.1 Å². The molecule has 2 heterocycles. The molecule has 1 fully saturated rings. The Morgan fingerprint density at radius 2 is 2.30 bits per heavy atom. The molecule has 0 spiro atoms. The SMILES string of the molecule is O=C(C/C=C/c1ccccc1F)N[C@H]1COC[C@H]1n1ccnn1. The van der Waals surface area contributed by atoms with Crippen LogP contribution < -0.4 is 5.32 Å². The van der Waals surface area contributed by atoms with E-state index in [4.69, 9.17) is 4.74 Å². The lowest BCUT2D eigenvalue weighted by molar-refractivity contribution is -0.121. The highest BCUT2D eigenvalue weighted by Gasteiger charge is 2.31. The summed E-state index contributed by atoms with van der Waals surface area (Å²) in [6.45, 7) is 0.923. The molecule has 0 unspecified atom stereocenters. The summed E-state index contributed by atoms with van der Waals surface area (Å²) in [4.78, 5) is 12.0. The Balaban J connectivity index is 1.54. The number of nitrogens with zero attached hydrogens (tertiary/aromatic N) is 3. The van der Waals surface area contributed by atoms with Crippen LogP contribution in [0.5, 0.6) is 0 Å². The lowest BCUT2D eigenvalue weighted by Gasteiger charge is -2.18. The molecule has 0 bridgehead atoms. The van der Waals surface area contributed by atoms with Gasteiger partial charge in [0.15, 0.2) is 0 Å². The second-order valence-corrected chi connectivity index (χ2v) is 5.29. The van der Waals surface area contributed by atoms with Crippen LogP contribution in [0.4, 0.5) is 4.39 Å². The average molecular weight is 316 g/mol. The lowest BCUT2D eigenvalue weighted by Crippen LogP contribution is -2.40. The van der Waals surface area contributed by atoms with Crippen LogP contribution in [0.1, 0.15) is 18.0 Å². The molecular weight excluding hydrogens is 299 g/mol. The fourth-order valence-electron chi connectivity index (χ4n) is 2.50. The van der Waals surface area contributed by atoms with Crippen molar-refractivity contribution in [2.45, 2.75) is 18.5 Å². The van der Waals surface area contributed by atoms with Crippen molar-refractivity contribution in [1.82, 2.24) is 20.3 Å². The van der Waals surface area contributed by atoms with Crippen molar-refractivity contribution in [3.8, 4) is 0 Å². The smallest absolute Gasteiger partial charge is 0.224 e. The van der Waals surface area contributed by atoms with Crippen molar-refractivity contribution < 1.29 is 13.9 Å². The van der Waals surface area contributed by atoms with Crippen molar-refractivity contribution >= 4 is 12.0 Å². The van der Waals surface area contributed by atoms with E-state index in [0.29, 0.717) is 18.8 Å². The molecular formula is C16H17FN4O2. The van der Waals surface area contributed by atoms with Gasteiger partial charge in [0, 0.05) is 18.2 Å². The first-order chi connectivity index (χ1) is 11.2. The first-order valence-corrected chi connectivity index (χ1v) is 7.38. The van der Waals surface area contributed by atoms with Crippen LogP contribution in [-0.4, -0.2) is 40.2 Å². The maximum Gasteiger partial charge on any atom is 0.224 e. The van der Waals surface area contributed by atoms with Gasteiger partial charge in [-0.2, -0.15) is 0 Å². The molecule has 0 aliphatic carbocycles. The Morgan fingerprint density at radius 1 is 1.43 bits per heavy atom. The first kappa shape index (κ1) is 15.4. The van der Waals surface area contributed by atoms with E-state index in [1.54, 1.807) is 47.4 Å². The van der Waals surface area contributed by atoms with Crippen molar-refractivity contribution in [3.63, 3.8) is 0 Å². The Labute approximate surface area is 132 Å². The minimum Gasteiger partial charge on any atom is -0.377 e. The van der Waals surface area contributed by atoms with E-state index in [1.807, 2.05) is 0 Å². The zero-order valence-corrected chi connectivity index (χ0v) is 12.4. The van der Waals surface area contributed by atoms with Crippen LogP contribution in [0.2, 0.25) is 0 Å². The normalized spacial score (nSPS) is 20.9. The van der Waals surface area contributed by atoms with E-state index in [0.717, 1.165) is 0 Å². The summed E-state index contributed by atoms with van der Waals surface area (Å²) in [5, 5.41) is 10.6. The van der Waals surface area contributed by atoms with Gasteiger partial charge in [0.25, 0.3) is 0 Å². The molecule has 2 atom stereocenters. The van der Waals surface area contributed by atoms with Gasteiger partial charge in [0.2, 0.25) is 5.91 Å². The third-order valence-corrected chi connectivity index (χ3v) is 3.68. The lowest BCUT2D eigenvalue weighted by atomic mass is 10.1. The van der Waals surface area contributed by atoms with Gasteiger partial charge in [-0.25, -0.2) is 9.07 Å². The molecule has 1 saturated heterocycles. The fourth-order valence-corrected chi connectivity index (χ4v) is 2.50. The molecule has 1 aliphatic rings. The number of aromatic nitrogens is 3. The average Bonchev–Trinajstić information content (AvgIpc) is 3.20. The molecule has 7 heteroatoms. The van der Waals surface area contributed by atoms with Gasteiger partial charge in [-0.3, -0.25) is 4.79 Å². The van der Waals surface area contributed by atoms with E-state index < -0.39 is 0 Å². The van der Waals surface area contributed by atoms with Gasteiger partial charge in [0.05, 0.1) is 31.5 Å². The number of carbonyl (C=O) groups excluding carboxylic acids is 1. The van der Waals surface area contributed by atoms with Gasteiger partial charge in [-0.15, -0.1) is 5.10 Å². The minimum absolute atomic E-state index is 0.0583. The Kier molecular flexibility index (Phi) is 4.77. The molecule has 1 aromatic heterocycles. The summed E-state index contributed by atoms with van der Waals surface area (Å²) in [7, 11) is 0. The van der Waals surface area contributed by atoms with Crippen LogP contribution in [0.3, 0.4) is 0 Å². The summed E-state index contributed by atoms with van der Waals surface area (Å²) >= 11 is 0.